The van der Waals surface area contributed by atoms with E-state index in [0.717, 1.165) is 25.6 Å². The molecular formula is C19H23N3O4S. The average Bonchev–Trinajstić information content (AvgIpc) is 2.94. The molecule has 1 fully saturated rings. The number of aromatic carboxylic acids is 1. The van der Waals surface area contributed by atoms with Crippen LogP contribution in [0, 0.1) is 0 Å². The fourth-order valence-corrected chi connectivity index (χ4v) is 4.00. The van der Waals surface area contributed by atoms with E-state index in [1.54, 1.807) is 0 Å². The van der Waals surface area contributed by atoms with Gasteiger partial charge in [-0.1, -0.05) is 30.3 Å². The van der Waals surface area contributed by atoms with Crippen LogP contribution >= 0.6 is 0 Å². The third kappa shape index (κ3) is 4.65. The number of likely N-dealkylation sites (tertiary alicyclic amines) is 1. The van der Waals surface area contributed by atoms with Crippen LogP contribution in [0.5, 0.6) is 0 Å². The van der Waals surface area contributed by atoms with Crippen LogP contribution in [0.15, 0.2) is 53.4 Å². The molecule has 8 heteroatoms. The van der Waals surface area contributed by atoms with Crippen LogP contribution in [0.25, 0.3) is 0 Å². The number of nitrogens with zero attached hydrogens (tertiary/aromatic N) is 1. The first-order chi connectivity index (χ1) is 12.7. The lowest BCUT2D eigenvalue weighted by molar-refractivity contribution is 0.0697. The van der Waals surface area contributed by atoms with Gasteiger partial charge in [-0.2, -0.15) is 0 Å². The predicted octanol–water partition coefficient (Wildman–Crippen LogP) is 2.11. The quantitative estimate of drug-likeness (QED) is 0.697. The minimum absolute atomic E-state index is 0.0714. The van der Waals surface area contributed by atoms with Crippen molar-refractivity contribution in [1.29, 1.82) is 0 Å². The van der Waals surface area contributed by atoms with Gasteiger partial charge in [-0.15, -0.1) is 0 Å². The van der Waals surface area contributed by atoms with Crippen LogP contribution in [0.1, 0.15) is 29.3 Å². The van der Waals surface area contributed by atoms with Gasteiger partial charge >= 0.3 is 5.97 Å². The van der Waals surface area contributed by atoms with E-state index in [9.17, 15) is 18.3 Å². The molecule has 2 atom stereocenters. The smallest absolute Gasteiger partial charge is 0.337 e. The third-order valence-electron chi connectivity index (χ3n) is 4.84. The molecule has 0 spiro atoms. The van der Waals surface area contributed by atoms with Gasteiger partial charge < -0.3 is 10.4 Å². The summed E-state index contributed by atoms with van der Waals surface area (Å²) in [5.41, 5.74) is 1.53. The van der Waals surface area contributed by atoms with Crippen LogP contribution in [0.3, 0.4) is 0 Å². The number of primary sulfonamides is 1. The highest BCUT2D eigenvalue weighted by molar-refractivity contribution is 7.89. The van der Waals surface area contributed by atoms with E-state index in [-0.39, 0.29) is 16.5 Å². The maximum Gasteiger partial charge on any atom is 0.337 e. The summed E-state index contributed by atoms with van der Waals surface area (Å²) in [5.74, 6) is -1.20. The summed E-state index contributed by atoms with van der Waals surface area (Å²) in [4.78, 5) is 13.7. The molecule has 0 aromatic heterocycles. The number of carboxylic acid groups (broad SMARTS) is 1. The number of benzene rings is 2. The molecule has 1 aliphatic rings. The SMILES string of the molecule is CC1CC(Nc2ccc(S(N)(=O)=O)cc2C(=O)O)CN1Cc1ccccc1. The second kappa shape index (κ2) is 7.67. The molecule has 0 saturated carbocycles. The van der Waals surface area contributed by atoms with Gasteiger partial charge in [0.15, 0.2) is 0 Å². The van der Waals surface area contributed by atoms with Crippen molar-refractivity contribution < 1.29 is 18.3 Å². The molecular weight excluding hydrogens is 366 g/mol. The zero-order valence-electron chi connectivity index (χ0n) is 15.0. The molecule has 0 bridgehead atoms. The lowest BCUT2D eigenvalue weighted by atomic mass is 10.1. The maximum atomic E-state index is 11.6. The molecule has 2 unspecified atom stereocenters. The van der Waals surface area contributed by atoms with Crippen molar-refractivity contribution in [2.75, 3.05) is 11.9 Å². The number of nitrogens with two attached hydrogens (primary N) is 1. The lowest BCUT2D eigenvalue weighted by Crippen LogP contribution is -2.29. The fraction of sp³-hybridized carbons (Fsp3) is 0.316. The van der Waals surface area contributed by atoms with Gasteiger partial charge in [0, 0.05) is 30.9 Å². The largest absolute Gasteiger partial charge is 0.478 e. The molecule has 1 saturated heterocycles. The summed E-state index contributed by atoms with van der Waals surface area (Å²) < 4.78 is 23.0. The van der Waals surface area contributed by atoms with Gasteiger partial charge in [-0.05, 0) is 37.1 Å². The number of carboxylic acids is 1. The monoisotopic (exact) mass is 389 g/mol. The van der Waals surface area contributed by atoms with Crippen molar-refractivity contribution in [2.45, 2.75) is 36.9 Å². The lowest BCUT2D eigenvalue weighted by Gasteiger charge is -2.21. The zero-order chi connectivity index (χ0) is 19.6. The van der Waals surface area contributed by atoms with Crippen LogP contribution in [0.4, 0.5) is 5.69 Å². The van der Waals surface area contributed by atoms with Crippen LogP contribution in [-0.4, -0.2) is 43.0 Å². The summed E-state index contributed by atoms with van der Waals surface area (Å²) in [7, 11) is -3.95. The molecule has 1 aliphatic heterocycles. The van der Waals surface area contributed by atoms with Crippen molar-refractivity contribution in [1.82, 2.24) is 4.90 Å². The van der Waals surface area contributed by atoms with Gasteiger partial charge in [0.1, 0.15) is 0 Å². The summed E-state index contributed by atoms with van der Waals surface area (Å²) in [6.07, 6.45) is 0.864. The predicted molar refractivity (Wildman–Crippen MR) is 103 cm³/mol. The Morgan fingerprint density at radius 3 is 2.59 bits per heavy atom. The van der Waals surface area contributed by atoms with Crippen molar-refractivity contribution in [2.24, 2.45) is 5.14 Å². The number of rotatable bonds is 6. The molecule has 7 nitrogen and oxygen atoms in total. The zero-order valence-corrected chi connectivity index (χ0v) is 15.8. The molecule has 2 aromatic carbocycles. The van der Waals surface area contributed by atoms with Gasteiger partial charge in [0.2, 0.25) is 10.0 Å². The summed E-state index contributed by atoms with van der Waals surface area (Å²) in [6.45, 7) is 3.75. The molecule has 2 aromatic rings. The highest BCUT2D eigenvalue weighted by atomic mass is 32.2. The van der Waals surface area contributed by atoms with Crippen molar-refractivity contribution in [3.05, 3.63) is 59.7 Å². The van der Waals surface area contributed by atoms with Crippen molar-refractivity contribution in [3.63, 3.8) is 0 Å². The Bertz CT molecular complexity index is 931. The number of nitrogens with one attached hydrogen (secondary N) is 1. The second-order valence-corrected chi connectivity index (χ2v) is 8.46. The van der Waals surface area contributed by atoms with Crippen LogP contribution < -0.4 is 10.5 Å². The highest BCUT2D eigenvalue weighted by Gasteiger charge is 2.29. The van der Waals surface area contributed by atoms with Gasteiger partial charge in [-0.3, -0.25) is 4.90 Å². The van der Waals surface area contributed by atoms with E-state index < -0.39 is 16.0 Å². The average molecular weight is 389 g/mol. The Labute approximate surface area is 158 Å². The van der Waals surface area contributed by atoms with E-state index in [4.69, 9.17) is 5.14 Å². The van der Waals surface area contributed by atoms with Crippen molar-refractivity contribution in [3.8, 4) is 0 Å². The van der Waals surface area contributed by atoms with Crippen molar-refractivity contribution >= 4 is 21.7 Å². The standard InChI is InChI=1S/C19H23N3O4S/c1-13-9-15(12-22(13)11-14-5-3-2-4-6-14)21-18-8-7-16(27(20,25)26)10-17(18)19(23)24/h2-8,10,13,15,21H,9,11-12H2,1H3,(H,23,24)(H2,20,25,26). The number of hydrogen-bond donors (Lipinski definition) is 3. The molecule has 4 N–H and O–H groups in total. The van der Waals surface area contributed by atoms with E-state index >= 15 is 0 Å². The van der Waals surface area contributed by atoms with E-state index in [0.29, 0.717) is 11.7 Å². The summed E-state index contributed by atoms with van der Waals surface area (Å²) in [6, 6.07) is 14.5. The Balaban J connectivity index is 1.75. The van der Waals surface area contributed by atoms with Gasteiger partial charge in [0.25, 0.3) is 0 Å². The summed E-state index contributed by atoms with van der Waals surface area (Å²) in [5, 5.41) is 17.8. The number of anilines is 1. The Kier molecular flexibility index (Phi) is 5.50. The molecule has 0 amide bonds. The molecule has 144 valence electrons. The Morgan fingerprint density at radius 2 is 1.96 bits per heavy atom. The normalized spacial score (nSPS) is 20.5. The highest BCUT2D eigenvalue weighted by Crippen LogP contribution is 2.26. The van der Waals surface area contributed by atoms with Gasteiger partial charge in [0.05, 0.1) is 10.5 Å². The Morgan fingerprint density at radius 1 is 1.26 bits per heavy atom. The minimum atomic E-state index is -3.95. The summed E-state index contributed by atoms with van der Waals surface area (Å²) >= 11 is 0. The number of hydrogen-bond acceptors (Lipinski definition) is 5. The molecule has 0 aliphatic carbocycles. The molecule has 1 heterocycles. The first-order valence-electron chi connectivity index (χ1n) is 8.68. The molecule has 3 rings (SSSR count). The molecule has 27 heavy (non-hydrogen) atoms. The maximum absolute atomic E-state index is 11.6. The topological polar surface area (TPSA) is 113 Å². The molecule has 0 radical (unpaired) electrons. The van der Waals surface area contributed by atoms with Gasteiger partial charge in [-0.25, -0.2) is 18.4 Å². The first-order valence-corrected chi connectivity index (χ1v) is 10.2. The van der Waals surface area contributed by atoms with Crippen LogP contribution in [0.2, 0.25) is 0 Å². The number of sulfonamides is 1. The second-order valence-electron chi connectivity index (χ2n) is 6.90. The Hall–Kier alpha value is -2.42. The van der Waals surface area contributed by atoms with E-state index in [1.807, 2.05) is 18.2 Å². The first kappa shape index (κ1) is 19.3. The number of carbonyl (C=O) groups is 1. The van der Waals surface area contributed by atoms with E-state index in [1.165, 1.54) is 17.7 Å². The van der Waals surface area contributed by atoms with Crippen LogP contribution in [-0.2, 0) is 16.6 Å². The fourth-order valence-electron chi connectivity index (χ4n) is 3.46. The minimum Gasteiger partial charge on any atom is -0.478 e. The third-order valence-corrected chi connectivity index (χ3v) is 5.75. The van der Waals surface area contributed by atoms with E-state index in [2.05, 4.69) is 29.3 Å².